The van der Waals surface area contributed by atoms with Crippen molar-refractivity contribution in [2.75, 3.05) is 25.5 Å². The second-order valence-corrected chi connectivity index (χ2v) is 5.60. The molecule has 1 unspecified atom stereocenters. The molecule has 2 aromatic carbocycles. The first-order chi connectivity index (χ1) is 10.5. The van der Waals surface area contributed by atoms with E-state index in [-0.39, 0.29) is 12.5 Å². The molecule has 2 aromatic rings. The zero-order valence-corrected chi connectivity index (χ0v) is 13.3. The van der Waals surface area contributed by atoms with Gasteiger partial charge < -0.3 is 15.3 Å². The quantitative estimate of drug-likeness (QED) is 0.891. The third-order valence-corrected chi connectivity index (χ3v) is 3.70. The molecule has 0 aromatic heterocycles. The van der Waals surface area contributed by atoms with Crippen molar-refractivity contribution in [3.05, 3.63) is 64.7 Å². The molecule has 0 radical (unpaired) electrons. The molecular formula is C17H19ClN2O2. The summed E-state index contributed by atoms with van der Waals surface area (Å²) in [6.45, 7) is 0.130. The summed E-state index contributed by atoms with van der Waals surface area (Å²) in [5, 5.41) is 13.2. The number of carbonyl (C=O) groups excluding carboxylic acids is 1. The maximum Gasteiger partial charge on any atom is 0.252 e. The predicted octanol–water partition coefficient (Wildman–Crippen LogP) is 2.87. The number of nitrogens with one attached hydrogen (secondary N) is 1. The molecule has 1 atom stereocenters. The average Bonchev–Trinajstić information content (AvgIpc) is 2.52. The Hall–Kier alpha value is -2.04. The Morgan fingerprint density at radius 3 is 2.41 bits per heavy atom. The van der Waals surface area contributed by atoms with Crippen LogP contribution in [-0.2, 0) is 0 Å². The molecule has 4 nitrogen and oxygen atoms in total. The van der Waals surface area contributed by atoms with Crippen LogP contribution >= 0.6 is 11.6 Å². The summed E-state index contributed by atoms with van der Waals surface area (Å²) in [7, 11) is 3.91. The van der Waals surface area contributed by atoms with E-state index in [9.17, 15) is 9.90 Å². The zero-order chi connectivity index (χ0) is 16.1. The van der Waals surface area contributed by atoms with E-state index in [1.165, 1.54) is 0 Å². The molecule has 0 fully saturated rings. The molecule has 1 amide bonds. The first-order valence-electron chi connectivity index (χ1n) is 6.97. The van der Waals surface area contributed by atoms with Crippen LogP contribution in [0.3, 0.4) is 0 Å². The third-order valence-electron chi connectivity index (χ3n) is 3.37. The second kappa shape index (κ2) is 7.29. The molecule has 0 aliphatic rings. The highest BCUT2D eigenvalue weighted by molar-refractivity contribution is 6.33. The summed E-state index contributed by atoms with van der Waals surface area (Å²) in [6, 6.07) is 14.4. The minimum absolute atomic E-state index is 0.130. The van der Waals surface area contributed by atoms with E-state index in [1.807, 2.05) is 43.3 Å². The fourth-order valence-electron chi connectivity index (χ4n) is 2.04. The SMILES string of the molecule is CN(C)c1ccc(C(O)CNC(=O)c2ccccc2Cl)cc1. The number of amides is 1. The molecule has 22 heavy (non-hydrogen) atoms. The van der Waals surface area contributed by atoms with Crippen molar-refractivity contribution in [2.45, 2.75) is 6.10 Å². The highest BCUT2D eigenvalue weighted by atomic mass is 35.5. The van der Waals surface area contributed by atoms with E-state index < -0.39 is 6.10 Å². The van der Waals surface area contributed by atoms with E-state index in [1.54, 1.807) is 24.3 Å². The Morgan fingerprint density at radius 2 is 1.82 bits per heavy atom. The highest BCUT2D eigenvalue weighted by Gasteiger charge is 2.13. The fraction of sp³-hybridized carbons (Fsp3) is 0.235. The van der Waals surface area contributed by atoms with Crippen LogP contribution in [0.25, 0.3) is 0 Å². The number of aliphatic hydroxyl groups is 1. The van der Waals surface area contributed by atoms with Crippen molar-refractivity contribution in [1.29, 1.82) is 0 Å². The van der Waals surface area contributed by atoms with E-state index >= 15 is 0 Å². The first kappa shape index (κ1) is 16.3. The molecule has 2 N–H and O–H groups in total. The van der Waals surface area contributed by atoms with Gasteiger partial charge in [0.2, 0.25) is 0 Å². The summed E-state index contributed by atoms with van der Waals surface area (Å²) >= 11 is 5.97. The van der Waals surface area contributed by atoms with Gasteiger partial charge in [-0.2, -0.15) is 0 Å². The van der Waals surface area contributed by atoms with Gasteiger partial charge in [-0.1, -0.05) is 35.9 Å². The van der Waals surface area contributed by atoms with Gasteiger partial charge in [-0.05, 0) is 29.8 Å². The Kier molecular flexibility index (Phi) is 5.41. The summed E-state index contributed by atoms with van der Waals surface area (Å²) in [5.41, 5.74) is 2.21. The Morgan fingerprint density at radius 1 is 1.18 bits per heavy atom. The van der Waals surface area contributed by atoms with Crippen LogP contribution in [0.1, 0.15) is 22.0 Å². The van der Waals surface area contributed by atoms with Crippen molar-refractivity contribution >= 4 is 23.2 Å². The van der Waals surface area contributed by atoms with Crippen LogP contribution in [0.5, 0.6) is 0 Å². The molecule has 0 spiro atoms. The number of halogens is 1. The Bertz CT molecular complexity index is 641. The molecule has 0 saturated carbocycles. The molecule has 0 bridgehead atoms. The molecule has 0 aliphatic heterocycles. The van der Waals surface area contributed by atoms with E-state index in [4.69, 9.17) is 11.6 Å². The lowest BCUT2D eigenvalue weighted by atomic mass is 10.1. The van der Waals surface area contributed by atoms with Crippen molar-refractivity contribution in [1.82, 2.24) is 5.32 Å². The summed E-state index contributed by atoms with van der Waals surface area (Å²) < 4.78 is 0. The predicted molar refractivity (Wildman–Crippen MR) is 89.5 cm³/mol. The lowest BCUT2D eigenvalue weighted by Gasteiger charge is -2.16. The number of aliphatic hydroxyl groups excluding tert-OH is 1. The normalized spacial score (nSPS) is 11.8. The molecule has 2 rings (SSSR count). The van der Waals surface area contributed by atoms with E-state index in [0.717, 1.165) is 11.3 Å². The van der Waals surface area contributed by atoms with E-state index in [0.29, 0.717) is 10.6 Å². The number of anilines is 1. The molecule has 5 heteroatoms. The zero-order valence-electron chi connectivity index (χ0n) is 12.6. The van der Waals surface area contributed by atoms with Crippen LogP contribution in [-0.4, -0.2) is 31.7 Å². The van der Waals surface area contributed by atoms with Gasteiger partial charge in [0, 0.05) is 26.3 Å². The molecule has 116 valence electrons. The van der Waals surface area contributed by atoms with Gasteiger partial charge in [-0.3, -0.25) is 4.79 Å². The molecule has 0 saturated heterocycles. The Balaban J connectivity index is 1.96. The number of nitrogens with zero attached hydrogens (tertiary/aromatic N) is 1. The van der Waals surface area contributed by atoms with Crippen molar-refractivity contribution in [2.24, 2.45) is 0 Å². The minimum atomic E-state index is -0.761. The number of benzene rings is 2. The molecular weight excluding hydrogens is 300 g/mol. The average molecular weight is 319 g/mol. The summed E-state index contributed by atoms with van der Waals surface area (Å²) in [4.78, 5) is 14.0. The molecule has 0 heterocycles. The minimum Gasteiger partial charge on any atom is -0.387 e. The van der Waals surface area contributed by atoms with Crippen molar-refractivity contribution < 1.29 is 9.90 Å². The largest absolute Gasteiger partial charge is 0.387 e. The van der Waals surface area contributed by atoms with Crippen molar-refractivity contribution in [3.63, 3.8) is 0 Å². The van der Waals surface area contributed by atoms with Crippen LogP contribution in [0.2, 0.25) is 5.02 Å². The lowest BCUT2D eigenvalue weighted by Crippen LogP contribution is -2.28. The second-order valence-electron chi connectivity index (χ2n) is 5.19. The number of hydrogen-bond donors (Lipinski definition) is 2. The third kappa shape index (κ3) is 4.00. The fourth-order valence-corrected chi connectivity index (χ4v) is 2.26. The van der Waals surface area contributed by atoms with Gasteiger partial charge in [-0.15, -0.1) is 0 Å². The van der Waals surface area contributed by atoms with Gasteiger partial charge >= 0.3 is 0 Å². The summed E-state index contributed by atoms with van der Waals surface area (Å²) in [5.74, 6) is -0.297. The van der Waals surface area contributed by atoms with Crippen LogP contribution < -0.4 is 10.2 Å². The van der Waals surface area contributed by atoms with Crippen LogP contribution in [0.4, 0.5) is 5.69 Å². The van der Waals surface area contributed by atoms with Gasteiger partial charge in [-0.25, -0.2) is 0 Å². The van der Waals surface area contributed by atoms with Gasteiger partial charge in [0.1, 0.15) is 0 Å². The number of rotatable bonds is 5. The monoisotopic (exact) mass is 318 g/mol. The maximum absolute atomic E-state index is 12.0. The smallest absolute Gasteiger partial charge is 0.252 e. The Labute approximate surface area is 135 Å². The van der Waals surface area contributed by atoms with Gasteiger partial charge in [0.05, 0.1) is 16.7 Å². The van der Waals surface area contributed by atoms with Gasteiger partial charge in [0.15, 0.2) is 0 Å². The van der Waals surface area contributed by atoms with Crippen LogP contribution in [0.15, 0.2) is 48.5 Å². The maximum atomic E-state index is 12.0. The first-order valence-corrected chi connectivity index (χ1v) is 7.35. The number of hydrogen-bond acceptors (Lipinski definition) is 3. The molecule has 0 aliphatic carbocycles. The van der Waals surface area contributed by atoms with E-state index in [2.05, 4.69) is 5.32 Å². The number of carbonyl (C=O) groups is 1. The summed E-state index contributed by atoms with van der Waals surface area (Å²) in [6.07, 6.45) is -0.761. The standard InChI is InChI=1S/C17H19ClN2O2/c1-20(2)13-9-7-12(8-10-13)16(21)11-19-17(22)14-5-3-4-6-15(14)18/h3-10,16,21H,11H2,1-2H3,(H,19,22). The highest BCUT2D eigenvalue weighted by Crippen LogP contribution is 2.18. The lowest BCUT2D eigenvalue weighted by molar-refractivity contribution is 0.0916. The van der Waals surface area contributed by atoms with Gasteiger partial charge in [0.25, 0.3) is 5.91 Å². The van der Waals surface area contributed by atoms with Crippen LogP contribution in [0, 0.1) is 0 Å². The van der Waals surface area contributed by atoms with Crippen molar-refractivity contribution in [3.8, 4) is 0 Å². The topological polar surface area (TPSA) is 52.6 Å².